The predicted molar refractivity (Wildman–Crippen MR) is 75.9 cm³/mol. The monoisotopic (exact) mass is 324 g/mol. The first-order valence-electron chi connectivity index (χ1n) is 5.41. The lowest BCUT2D eigenvalue weighted by atomic mass is 10.2. The fraction of sp³-hybridized carbons (Fsp3) is 0.231. The number of aryl methyl sites for hydroxylation is 1. The second kappa shape index (κ2) is 6.81. The molecule has 0 saturated carbocycles. The summed E-state index contributed by atoms with van der Waals surface area (Å²) < 4.78 is 0.719. The Morgan fingerprint density at radius 3 is 2.74 bits per heavy atom. The summed E-state index contributed by atoms with van der Waals surface area (Å²) in [6, 6.07) is 4.86. The van der Waals surface area contributed by atoms with Gasteiger partial charge in [0.1, 0.15) is 6.54 Å². The number of anilines is 1. The highest BCUT2D eigenvalue weighted by molar-refractivity contribution is 9.10. The van der Waals surface area contributed by atoms with Crippen molar-refractivity contribution in [2.75, 3.05) is 18.4 Å². The van der Waals surface area contributed by atoms with Gasteiger partial charge in [0, 0.05) is 4.47 Å². The lowest BCUT2D eigenvalue weighted by Gasteiger charge is -2.19. The number of urea groups is 1. The number of aliphatic carboxylic acids is 1. The maximum absolute atomic E-state index is 11.9. The molecular weight excluding hydrogens is 312 g/mol. The van der Waals surface area contributed by atoms with Gasteiger partial charge in [0.15, 0.2) is 0 Å². The number of terminal acetylenes is 1. The molecule has 0 atom stereocenters. The van der Waals surface area contributed by atoms with Crippen LogP contribution in [0.15, 0.2) is 22.7 Å². The van der Waals surface area contributed by atoms with E-state index in [-0.39, 0.29) is 6.54 Å². The van der Waals surface area contributed by atoms with Gasteiger partial charge in [-0.05, 0) is 40.5 Å². The van der Waals surface area contributed by atoms with E-state index in [1.165, 1.54) is 0 Å². The van der Waals surface area contributed by atoms with E-state index in [9.17, 15) is 9.59 Å². The Kier molecular flexibility index (Phi) is 5.39. The molecule has 0 saturated heterocycles. The molecule has 5 nitrogen and oxygen atoms in total. The average Bonchev–Trinajstić information content (AvgIpc) is 2.31. The van der Waals surface area contributed by atoms with Crippen molar-refractivity contribution in [3.8, 4) is 12.3 Å². The highest BCUT2D eigenvalue weighted by Gasteiger charge is 2.16. The predicted octanol–water partition coefficient (Wildman–Crippen LogP) is 2.31. The number of carboxylic acids is 1. The molecule has 1 aromatic rings. The summed E-state index contributed by atoms with van der Waals surface area (Å²) in [7, 11) is 0. The molecule has 19 heavy (non-hydrogen) atoms. The first-order chi connectivity index (χ1) is 8.93. The van der Waals surface area contributed by atoms with E-state index < -0.39 is 18.5 Å². The van der Waals surface area contributed by atoms with Crippen molar-refractivity contribution in [2.24, 2.45) is 0 Å². The Morgan fingerprint density at radius 1 is 1.53 bits per heavy atom. The molecule has 0 aliphatic heterocycles. The largest absolute Gasteiger partial charge is 0.480 e. The number of hydrogen-bond acceptors (Lipinski definition) is 2. The van der Waals surface area contributed by atoms with Gasteiger partial charge in [-0.1, -0.05) is 12.0 Å². The van der Waals surface area contributed by atoms with E-state index in [1.54, 1.807) is 6.07 Å². The molecule has 0 spiro atoms. The normalized spacial score (nSPS) is 9.53. The molecule has 2 amide bonds. The van der Waals surface area contributed by atoms with E-state index in [4.69, 9.17) is 11.5 Å². The van der Waals surface area contributed by atoms with Crippen LogP contribution in [-0.2, 0) is 4.79 Å². The maximum atomic E-state index is 11.9. The fourth-order valence-electron chi connectivity index (χ4n) is 1.39. The molecular formula is C13H13BrN2O3. The molecule has 0 fully saturated rings. The number of halogens is 1. The number of carboxylic acid groups (broad SMARTS) is 1. The van der Waals surface area contributed by atoms with Gasteiger partial charge in [0.25, 0.3) is 0 Å². The van der Waals surface area contributed by atoms with Crippen LogP contribution in [0, 0.1) is 19.3 Å². The second-order valence-electron chi connectivity index (χ2n) is 3.87. The molecule has 100 valence electrons. The number of rotatable bonds is 4. The summed E-state index contributed by atoms with van der Waals surface area (Å²) in [5.41, 5.74) is 1.60. The van der Waals surface area contributed by atoms with Crippen LogP contribution in [0.1, 0.15) is 5.56 Å². The fourth-order valence-corrected chi connectivity index (χ4v) is 1.98. The Bertz CT molecular complexity index is 537. The van der Waals surface area contributed by atoms with E-state index in [0.717, 1.165) is 14.9 Å². The topological polar surface area (TPSA) is 69.6 Å². The third-order valence-corrected chi connectivity index (χ3v) is 2.92. The zero-order valence-corrected chi connectivity index (χ0v) is 11.9. The molecule has 0 aromatic heterocycles. The van der Waals surface area contributed by atoms with Gasteiger partial charge < -0.3 is 15.3 Å². The van der Waals surface area contributed by atoms with Crippen molar-refractivity contribution in [1.29, 1.82) is 0 Å². The van der Waals surface area contributed by atoms with Crippen LogP contribution < -0.4 is 5.32 Å². The molecule has 0 heterocycles. The zero-order chi connectivity index (χ0) is 14.4. The Balaban J connectivity index is 2.81. The van der Waals surface area contributed by atoms with Gasteiger partial charge >= 0.3 is 12.0 Å². The number of carbonyl (C=O) groups is 2. The standard InChI is InChI=1S/C13H13BrN2O3/c1-3-6-16(8-12(17)18)13(19)15-11-5-4-9(2)7-10(11)14/h1,4-5,7H,6,8H2,2H3,(H,15,19)(H,17,18). The molecule has 1 rings (SSSR count). The molecule has 1 aromatic carbocycles. The first-order valence-corrected chi connectivity index (χ1v) is 6.20. The number of benzene rings is 1. The second-order valence-corrected chi connectivity index (χ2v) is 4.72. The number of nitrogens with zero attached hydrogens (tertiary/aromatic N) is 1. The average molecular weight is 325 g/mol. The van der Waals surface area contributed by atoms with Gasteiger partial charge in [-0.25, -0.2) is 4.79 Å². The summed E-state index contributed by atoms with van der Waals surface area (Å²) in [6.07, 6.45) is 5.11. The number of nitrogens with one attached hydrogen (secondary N) is 1. The summed E-state index contributed by atoms with van der Waals surface area (Å²) in [5, 5.41) is 11.3. The lowest BCUT2D eigenvalue weighted by molar-refractivity contribution is -0.137. The number of amides is 2. The zero-order valence-electron chi connectivity index (χ0n) is 10.3. The van der Waals surface area contributed by atoms with Crippen molar-refractivity contribution in [3.05, 3.63) is 28.2 Å². The number of carbonyl (C=O) groups excluding carboxylic acids is 1. The van der Waals surface area contributed by atoms with Crippen LogP contribution in [0.25, 0.3) is 0 Å². The summed E-state index contributed by atoms with van der Waals surface area (Å²) in [5.74, 6) is 1.14. The lowest BCUT2D eigenvalue weighted by Crippen LogP contribution is -2.39. The van der Waals surface area contributed by atoms with E-state index in [2.05, 4.69) is 27.2 Å². The van der Waals surface area contributed by atoms with Crippen molar-refractivity contribution in [2.45, 2.75) is 6.92 Å². The van der Waals surface area contributed by atoms with Gasteiger partial charge in [-0.3, -0.25) is 4.79 Å². The summed E-state index contributed by atoms with van der Waals surface area (Å²) >= 11 is 3.32. The van der Waals surface area contributed by atoms with Crippen LogP contribution in [0.4, 0.5) is 10.5 Å². The number of hydrogen-bond donors (Lipinski definition) is 2. The van der Waals surface area contributed by atoms with Crippen molar-refractivity contribution in [1.82, 2.24) is 4.90 Å². The third kappa shape index (κ3) is 4.64. The van der Waals surface area contributed by atoms with E-state index in [1.807, 2.05) is 19.1 Å². The van der Waals surface area contributed by atoms with Crippen LogP contribution >= 0.6 is 15.9 Å². The highest BCUT2D eigenvalue weighted by Crippen LogP contribution is 2.23. The molecule has 2 N–H and O–H groups in total. The van der Waals surface area contributed by atoms with Gasteiger partial charge in [0.05, 0.1) is 12.2 Å². The van der Waals surface area contributed by atoms with Crippen molar-refractivity contribution >= 4 is 33.6 Å². The van der Waals surface area contributed by atoms with E-state index >= 15 is 0 Å². The highest BCUT2D eigenvalue weighted by atomic mass is 79.9. The van der Waals surface area contributed by atoms with Gasteiger partial charge in [0.2, 0.25) is 0 Å². The molecule has 0 bridgehead atoms. The van der Waals surface area contributed by atoms with Gasteiger partial charge in [-0.15, -0.1) is 6.42 Å². The quantitative estimate of drug-likeness (QED) is 0.835. The van der Waals surface area contributed by atoms with Gasteiger partial charge in [-0.2, -0.15) is 0 Å². The smallest absolute Gasteiger partial charge is 0.323 e. The SMILES string of the molecule is C#CCN(CC(=O)O)C(=O)Nc1ccc(C)cc1Br. The Labute approximate surface area is 119 Å². The molecule has 0 aliphatic rings. The minimum Gasteiger partial charge on any atom is -0.480 e. The maximum Gasteiger partial charge on any atom is 0.323 e. The molecule has 0 unspecified atom stereocenters. The minimum atomic E-state index is -1.12. The van der Waals surface area contributed by atoms with Crippen molar-refractivity contribution in [3.63, 3.8) is 0 Å². The Hall–Kier alpha value is -2.00. The molecule has 6 heteroatoms. The summed E-state index contributed by atoms with van der Waals surface area (Å²) in [6.45, 7) is 1.41. The minimum absolute atomic E-state index is 0.0678. The molecule has 0 radical (unpaired) electrons. The van der Waals surface area contributed by atoms with Crippen LogP contribution in [-0.4, -0.2) is 35.1 Å². The molecule has 0 aliphatic carbocycles. The summed E-state index contributed by atoms with van der Waals surface area (Å²) in [4.78, 5) is 23.6. The van der Waals surface area contributed by atoms with Crippen molar-refractivity contribution < 1.29 is 14.7 Å². The van der Waals surface area contributed by atoms with Crippen LogP contribution in [0.3, 0.4) is 0 Å². The van der Waals surface area contributed by atoms with E-state index in [0.29, 0.717) is 5.69 Å². The van der Waals surface area contributed by atoms with Crippen LogP contribution in [0.2, 0.25) is 0 Å². The first kappa shape index (κ1) is 15.1. The van der Waals surface area contributed by atoms with Crippen LogP contribution in [0.5, 0.6) is 0 Å². The Morgan fingerprint density at radius 2 is 2.21 bits per heavy atom. The third-order valence-electron chi connectivity index (χ3n) is 2.26.